The Kier molecular flexibility index (Phi) is 2.85. The molecule has 4 heteroatoms. The minimum absolute atomic E-state index is 0.0204. The first-order valence-corrected chi connectivity index (χ1v) is 9.58. The van der Waals surface area contributed by atoms with Gasteiger partial charge in [0.2, 0.25) is 0 Å². The van der Waals surface area contributed by atoms with E-state index in [0.29, 0.717) is 13.0 Å². The van der Waals surface area contributed by atoms with Crippen LogP contribution in [0.4, 0.5) is 0 Å². The maximum Gasteiger partial charge on any atom is 0.312 e. The molecule has 1 heterocycles. The summed E-state index contributed by atoms with van der Waals surface area (Å²) in [6.07, 6.45) is 5.05. The molecule has 6 aliphatic rings. The minimum atomic E-state index is -0.678. The van der Waals surface area contributed by atoms with E-state index in [0.717, 1.165) is 44.1 Å². The lowest BCUT2D eigenvalue weighted by atomic mass is 9.34. The van der Waals surface area contributed by atoms with Crippen molar-refractivity contribution in [3.05, 3.63) is 12.2 Å². The van der Waals surface area contributed by atoms with Gasteiger partial charge < -0.3 is 14.9 Å². The summed E-state index contributed by atoms with van der Waals surface area (Å²) in [7, 11) is 0. The van der Waals surface area contributed by atoms with Crippen molar-refractivity contribution in [1.29, 1.82) is 0 Å². The fraction of sp³-hybridized carbons (Fsp3) is 0.850. The van der Waals surface area contributed by atoms with Gasteiger partial charge in [0.25, 0.3) is 0 Å². The molecule has 4 bridgehead atoms. The highest BCUT2D eigenvalue weighted by molar-refractivity contribution is 5.80. The summed E-state index contributed by atoms with van der Waals surface area (Å²) >= 11 is 0. The molecule has 24 heavy (non-hydrogen) atoms. The molecule has 0 aromatic carbocycles. The second-order valence-corrected chi connectivity index (χ2v) is 9.54. The summed E-state index contributed by atoms with van der Waals surface area (Å²) in [4.78, 5) is 13.1. The topological polar surface area (TPSA) is 66.8 Å². The Balaban J connectivity index is 1.71. The molecule has 4 nitrogen and oxygen atoms in total. The van der Waals surface area contributed by atoms with E-state index in [1.165, 1.54) is 0 Å². The maximum atomic E-state index is 13.1. The van der Waals surface area contributed by atoms with E-state index < -0.39 is 23.0 Å². The van der Waals surface area contributed by atoms with Gasteiger partial charge in [0, 0.05) is 10.8 Å². The number of fused-ring (bicyclic) bond motifs is 2. The van der Waals surface area contributed by atoms with Crippen LogP contribution < -0.4 is 0 Å². The van der Waals surface area contributed by atoms with Gasteiger partial charge in [0.05, 0.1) is 24.2 Å². The van der Waals surface area contributed by atoms with Gasteiger partial charge in [-0.05, 0) is 61.9 Å². The third kappa shape index (κ3) is 1.44. The van der Waals surface area contributed by atoms with Crippen molar-refractivity contribution in [2.45, 2.75) is 64.1 Å². The monoisotopic (exact) mass is 332 g/mol. The molecule has 0 radical (unpaired) electrons. The summed E-state index contributed by atoms with van der Waals surface area (Å²) < 4.78 is 5.73. The molecule has 6 rings (SSSR count). The summed E-state index contributed by atoms with van der Waals surface area (Å²) in [5.41, 5.74) is -0.219. The van der Waals surface area contributed by atoms with Crippen molar-refractivity contribution in [2.75, 3.05) is 6.61 Å². The number of carbonyl (C=O) groups excluding carboxylic acids is 1. The lowest BCUT2D eigenvalue weighted by Crippen LogP contribution is -2.73. The molecule has 3 unspecified atom stereocenters. The molecule has 2 N–H and O–H groups in total. The minimum Gasteiger partial charge on any atom is -0.465 e. The van der Waals surface area contributed by atoms with E-state index in [4.69, 9.17) is 4.74 Å². The average Bonchev–Trinajstić information content (AvgIpc) is 2.57. The van der Waals surface area contributed by atoms with E-state index >= 15 is 0 Å². The number of cyclic esters (lactones) is 1. The molecule has 132 valence electrons. The summed E-state index contributed by atoms with van der Waals surface area (Å²) in [6, 6.07) is 0. The highest BCUT2D eigenvalue weighted by Crippen LogP contribution is 2.73. The molecule has 1 saturated heterocycles. The Bertz CT molecular complexity index is 629. The summed E-state index contributed by atoms with van der Waals surface area (Å²) in [5.74, 6) is 0.456. The number of aliphatic hydroxyl groups is 2. The summed E-state index contributed by atoms with van der Waals surface area (Å²) in [5, 5.41) is 22.3. The Morgan fingerprint density at radius 3 is 2.75 bits per heavy atom. The lowest BCUT2D eigenvalue weighted by Gasteiger charge is -2.71. The highest BCUT2D eigenvalue weighted by Gasteiger charge is 2.75. The molecule has 0 aromatic heterocycles. The summed E-state index contributed by atoms with van der Waals surface area (Å²) in [6.45, 7) is 6.86. The van der Waals surface area contributed by atoms with Gasteiger partial charge in [-0.3, -0.25) is 4.79 Å². The van der Waals surface area contributed by atoms with Crippen molar-refractivity contribution in [3.8, 4) is 0 Å². The van der Waals surface area contributed by atoms with Gasteiger partial charge in [-0.15, -0.1) is 0 Å². The average molecular weight is 332 g/mol. The van der Waals surface area contributed by atoms with Crippen molar-refractivity contribution in [1.82, 2.24) is 0 Å². The van der Waals surface area contributed by atoms with Crippen molar-refractivity contribution < 1.29 is 19.7 Å². The molecule has 0 amide bonds. The van der Waals surface area contributed by atoms with E-state index in [2.05, 4.69) is 13.5 Å². The van der Waals surface area contributed by atoms with E-state index in [9.17, 15) is 15.0 Å². The van der Waals surface area contributed by atoms with Gasteiger partial charge in [-0.25, -0.2) is 0 Å². The van der Waals surface area contributed by atoms with E-state index in [1.54, 1.807) is 0 Å². The Morgan fingerprint density at radius 1 is 1.17 bits per heavy atom. The normalized spacial score (nSPS) is 58.7. The Hall–Kier alpha value is -0.870. The van der Waals surface area contributed by atoms with Gasteiger partial charge >= 0.3 is 5.97 Å². The Morgan fingerprint density at radius 2 is 1.96 bits per heavy atom. The molecule has 5 saturated carbocycles. The van der Waals surface area contributed by atoms with Crippen LogP contribution in [0.15, 0.2) is 12.2 Å². The molecule has 6 fully saturated rings. The second kappa shape index (κ2) is 4.45. The van der Waals surface area contributed by atoms with Crippen LogP contribution in [0.5, 0.6) is 0 Å². The van der Waals surface area contributed by atoms with Crippen LogP contribution in [0.1, 0.15) is 51.9 Å². The molecule has 5 aliphatic carbocycles. The fourth-order valence-electron chi connectivity index (χ4n) is 7.76. The second-order valence-electron chi connectivity index (χ2n) is 9.54. The maximum absolute atomic E-state index is 13.1. The predicted molar refractivity (Wildman–Crippen MR) is 87.9 cm³/mol. The van der Waals surface area contributed by atoms with Crippen molar-refractivity contribution in [2.24, 2.45) is 34.0 Å². The Labute approximate surface area is 143 Å². The number of esters is 1. The van der Waals surface area contributed by atoms with Crippen LogP contribution in [0.3, 0.4) is 0 Å². The van der Waals surface area contributed by atoms with Gasteiger partial charge in [0.15, 0.2) is 0 Å². The zero-order chi connectivity index (χ0) is 16.9. The predicted octanol–water partition coefficient (Wildman–Crippen LogP) is 2.43. The molecular formula is C20H28O4. The van der Waals surface area contributed by atoms with E-state index in [-0.39, 0.29) is 29.1 Å². The van der Waals surface area contributed by atoms with Crippen LogP contribution in [-0.2, 0) is 9.53 Å². The molecule has 1 aliphatic heterocycles. The standard InChI is InChI=1S/C20H28O4/c1-11-12-4-7-20(16(11)22)14(8-12)19-6-3-5-18(2,10-24-17(19)23)13(19)9-15(20)21/h12-16,21-22H,1,3-10H2,2H3/t12-,13?,14?,15+,16-,18-,19?,20+/m0/s1. The first-order valence-electron chi connectivity index (χ1n) is 9.58. The third-order valence-electron chi connectivity index (χ3n) is 8.90. The zero-order valence-electron chi connectivity index (χ0n) is 14.5. The van der Waals surface area contributed by atoms with Crippen molar-refractivity contribution >= 4 is 5.97 Å². The number of hydrogen-bond donors (Lipinski definition) is 2. The molecule has 0 aromatic rings. The number of hydrogen-bond acceptors (Lipinski definition) is 4. The highest BCUT2D eigenvalue weighted by atomic mass is 16.5. The fourth-order valence-corrected chi connectivity index (χ4v) is 7.76. The van der Waals surface area contributed by atoms with Gasteiger partial charge in [0.1, 0.15) is 0 Å². The number of carbonyl (C=O) groups is 1. The molecular weight excluding hydrogens is 304 g/mol. The zero-order valence-corrected chi connectivity index (χ0v) is 14.5. The molecule has 1 spiro atoms. The van der Waals surface area contributed by atoms with E-state index in [1.807, 2.05) is 0 Å². The quantitative estimate of drug-likeness (QED) is 0.528. The smallest absolute Gasteiger partial charge is 0.312 e. The van der Waals surface area contributed by atoms with Gasteiger partial charge in [-0.1, -0.05) is 19.9 Å². The third-order valence-corrected chi connectivity index (χ3v) is 8.90. The van der Waals surface area contributed by atoms with Crippen LogP contribution in [-0.4, -0.2) is 35.0 Å². The SMILES string of the molecule is C=C1[C@H]2CC[C@]3(C(C2)C24CCC[C@@](C)(COC2=O)C4C[C@H]3O)[C@H]1O. The van der Waals surface area contributed by atoms with Crippen LogP contribution in [0, 0.1) is 34.0 Å². The molecule has 8 atom stereocenters. The first-order chi connectivity index (χ1) is 11.4. The number of ether oxygens (including phenoxy) is 1. The first kappa shape index (κ1) is 15.4. The van der Waals surface area contributed by atoms with Gasteiger partial charge in [-0.2, -0.15) is 0 Å². The largest absolute Gasteiger partial charge is 0.465 e. The van der Waals surface area contributed by atoms with Crippen LogP contribution >= 0.6 is 0 Å². The van der Waals surface area contributed by atoms with Crippen LogP contribution in [0.25, 0.3) is 0 Å². The van der Waals surface area contributed by atoms with Crippen molar-refractivity contribution in [3.63, 3.8) is 0 Å². The lowest BCUT2D eigenvalue weighted by molar-refractivity contribution is -0.278. The van der Waals surface area contributed by atoms with Crippen LogP contribution in [0.2, 0.25) is 0 Å². The number of aliphatic hydroxyl groups excluding tert-OH is 2. The number of rotatable bonds is 0.